The average molecular weight is 479 g/mol. The maximum Gasteiger partial charge on any atom is 0.156 e. The minimum atomic E-state index is -0.383. The second-order valence-electron chi connectivity index (χ2n) is 9.47. The molecule has 1 heterocycles. The molecular weight excluding hydrogens is 460 g/mol. The Balaban J connectivity index is 1.53. The van der Waals surface area contributed by atoms with Crippen LogP contribution in [0.25, 0.3) is 44.5 Å². The summed E-state index contributed by atoms with van der Waals surface area (Å²) >= 11 is 6.81. The normalized spacial score (nSPS) is 13.9. The molecule has 0 N–H and O–H groups in total. The van der Waals surface area contributed by atoms with Gasteiger partial charge in [0.2, 0.25) is 0 Å². The van der Waals surface area contributed by atoms with Gasteiger partial charge in [-0.2, -0.15) is 0 Å². The van der Waals surface area contributed by atoms with E-state index in [9.17, 15) is 0 Å². The third kappa shape index (κ3) is 2.37. The Hall–Kier alpha value is -4.27. The number of rotatable bonds is 1. The zero-order valence-corrected chi connectivity index (χ0v) is 20.0. The third-order valence-corrected chi connectivity index (χ3v) is 8.07. The Kier molecular flexibility index (Phi) is 3.96. The van der Waals surface area contributed by atoms with E-state index in [0.29, 0.717) is 5.15 Å². The molecule has 0 saturated heterocycles. The molecule has 1 spiro atoms. The summed E-state index contributed by atoms with van der Waals surface area (Å²) in [5.41, 5.74) is 13.2. The van der Waals surface area contributed by atoms with Crippen molar-refractivity contribution in [2.24, 2.45) is 0 Å². The highest BCUT2D eigenvalue weighted by atomic mass is 35.5. The molecule has 2 aliphatic carbocycles. The Morgan fingerprint density at radius 3 is 1.58 bits per heavy atom. The fourth-order valence-corrected chi connectivity index (χ4v) is 6.73. The molecule has 0 fully saturated rings. The lowest BCUT2D eigenvalue weighted by Gasteiger charge is -2.30. The lowest BCUT2D eigenvalue weighted by atomic mass is 9.70. The zero-order chi connectivity index (χ0) is 23.9. The number of fused-ring (bicyclic) bond motifs is 11. The predicted octanol–water partition coefficient (Wildman–Crippen LogP) is 8.29. The van der Waals surface area contributed by atoms with E-state index in [2.05, 4.69) is 91.0 Å². The number of benzene rings is 5. The van der Waals surface area contributed by atoms with E-state index in [1.165, 1.54) is 44.5 Å². The summed E-state index contributed by atoms with van der Waals surface area (Å²) in [5.74, 6) is 0. The van der Waals surface area contributed by atoms with Crippen LogP contribution in [0.3, 0.4) is 0 Å². The van der Waals surface area contributed by atoms with Gasteiger partial charge >= 0.3 is 0 Å². The molecule has 0 unspecified atom stereocenters. The van der Waals surface area contributed by atoms with Crippen molar-refractivity contribution in [3.8, 4) is 33.5 Å². The zero-order valence-electron chi connectivity index (χ0n) is 19.2. The van der Waals surface area contributed by atoms with Gasteiger partial charge in [0.25, 0.3) is 0 Å². The highest BCUT2D eigenvalue weighted by molar-refractivity contribution is 6.32. The Labute approximate surface area is 213 Å². The summed E-state index contributed by atoms with van der Waals surface area (Å²) in [5, 5.41) is 0.424. The number of halogens is 1. The lowest BCUT2D eigenvalue weighted by molar-refractivity contribution is 0.794. The van der Waals surface area contributed by atoms with Gasteiger partial charge in [-0.25, -0.2) is 9.97 Å². The summed E-state index contributed by atoms with van der Waals surface area (Å²) in [4.78, 5) is 9.70. The first-order valence-corrected chi connectivity index (χ1v) is 12.5. The lowest BCUT2D eigenvalue weighted by Crippen LogP contribution is -2.25. The monoisotopic (exact) mass is 478 g/mol. The summed E-state index contributed by atoms with van der Waals surface area (Å²) in [7, 11) is 0. The fraction of sp³-hybridized carbons (Fsp3) is 0.0303. The molecule has 0 amide bonds. The van der Waals surface area contributed by atoms with E-state index in [4.69, 9.17) is 21.6 Å². The quantitative estimate of drug-likeness (QED) is 0.237. The van der Waals surface area contributed by atoms with Gasteiger partial charge < -0.3 is 0 Å². The maximum atomic E-state index is 6.81. The predicted molar refractivity (Wildman–Crippen MR) is 146 cm³/mol. The van der Waals surface area contributed by atoms with E-state index >= 15 is 0 Å². The van der Waals surface area contributed by atoms with Crippen LogP contribution in [0.15, 0.2) is 115 Å². The van der Waals surface area contributed by atoms with Crippen molar-refractivity contribution in [3.05, 3.63) is 143 Å². The highest BCUT2D eigenvalue weighted by Crippen LogP contribution is 2.63. The van der Waals surface area contributed by atoms with Gasteiger partial charge in [-0.3, -0.25) is 0 Å². The highest BCUT2D eigenvalue weighted by Gasteiger charge is 2.52. The van der Waals surface area contributed by atoms with Crippen molar-refractivity contribution in [1.29, 1.82) is 0 Å². The van der Waals surface area contributed by atoms with Gasteiger partial charge in [0, 0.05) is 5.56 Å². The average Bonchev–Trinajstić information content (AvgIpc) is 3.40. The van der Waals surface area contributed by atoms with Gasteiger partial charge in [0.05, 0.1) is 16.4 Å². The summed E-state index contributed by atoms with van der Waals surface area (Å²) in [6, 6.07) is 40.9. The van der Waals surface area contributed by atoms with Gasteiger partial charge in [0.15, 0.2) is 5.15 Å². The van der Waals surface area contributed by atoms with Crippen molar-refractivity contribution in [2.75, 3.05) is 0 Å². The van der Waals surface area contributed by atoms with Crippen LogP contribution >= 0.6 is 11.6 Å². The molecule has 36 heavy (non-hydrogen) atoms. The number of hydrogen-bond acceptors (Lipinski definition) is 2. The van der Waals surface area contributed by atoms with Crippen LogP contribution in [0.2, 0.25) is 5.15 Å². The summed E-state index contributed by atoms with van der Waals surface area (Å²) in [6.07, 6.45) is 0. The molecule has 0 saturated carbocycles. The van der Waals surface area contributed by atoms with E-state index < -0.39 is 0 Å². The molecule has 0 bridgehead atoms. The molecule has 1 aromatic heterocycles. The number of hydrogen-bond donors (Lipinski definition) is 0. The van der Waals surface area contributed by atoms with E-state index in [1.54, 1.807) is 0 Å². The van der Waals surface area contributed by atoms with E-state index in [-0.39, 0.29) is 5.41 Å². The van der Waals surface area contributed by atoms with Crippen LogP contribution < -0.4 is 0 Å². The van der Waals surface area contributed by atoms with Crippen molar-refractivity contribution in [1.82, 2.24) is 9.97 Å². The molecule has 0 radical (unpaired) electrons. The van der Waals surface area contributed by atoms with Crippen LogP contribution in [0, 0.1) is 0 Å². The molecular formula is C33H19ClN2. The molecule has 0 aliphatic heterocycles. The summed E-state index contributed by atoms with van der Waals surface area (Å²) < 4.78 is 0. The Morgan fingerprint density at radius 2 is 0.917 bits per heavy atom. The molecule has 6 aromatic rings. The van der Waals surface area contributed by atoms with Crippen molar-refractivity contribution >= 4 is 22.6 Å². The minimum Gasteiger partial charge on any atom is -0.243 e. The maximum absolute atomic E-state index is 6.81. The van der Waals surface area contributed by atoms with Crippen molar-refractivity contribution in [2.45, 2.75) is 5.41 Å². The molecule has 2 aliphatic rings. The van der Waals surface area contributed by atoms with Gasteiger partial charge in [-0.15, -0.1) is 0 Å². The van der Waals surface area contributed by atoms with Crippen LogP contribution in [0.4, 0.5) is 0 Å². The second-order valence-corrected chi connectivity index (χ2v) is 9.82. The first-order chi connectivity index (χ1) is 17.8. The smallest absolute Gasteiger partial charge is 0.156 e. The van der Waals surface area contributed by atoms with Gasteiger partial charge in [-0.1, -0.05) is 115 Å². The largest absolute Gasteiger partial charge is 0.243 e. The standard InChI is InChI=1S/C33H19ClN2/c34-32-31(35-28-18-7-8-19-29(28)36-32)23-13-9-17-27-30(23)22-12-3-6-16-26(22)33(27)24-14-4-1-10-20(24)21-11-2-5-15-25(21)33/h1-19H. The molecule has 0 atom stereocenters. The third-order valence-electron chi connectivity index (χ3n) is 7.80. The molecule has 8 rings (SSSR count). The molecule has 3 heteroatoms. The van der Waals surface area contributed by atoms with Crippen LogP contribution in [-0.2, 0) is 5.41 Å². The SMILES string of the molecule is Clc1nc2ccccc2nc1-c1cccc2c1-c1ccccc1C21c2ccccc2-c2ccccc21. The number of para-hydroxylation sites is 2. The van der Waals surface area contributed by atoms with Crippen LogP contribution in [0.1, 0.15) is 22.3 Å². The van der Waals surface area contributed by atoms with E-state index in [0.717, 1.165) is 22.3 Å². The molecule has 5 aromatic carbocycles. The Morgan fingerprint density at radius 1 is 0.444 bits per heavy atom. The minimum absolute atomic E-state index is 0.383. The topological polar surface area (TPSA) is 25.8 Å². The molecule has 168 valence electrons. The summed E-state index contributed by atoms with van der Waals surface area (Å²) in [6.45, 7) is 0. The first kappa shape index (κ1) is 20.0. The first-order valence-electron chi connectivity index (χ1n) is 12.1. The van der Waals surface area contributed by atoms with Crippen molar-refractivity contribution < 1.29 is 0 Å². The van der Waals surface area contributed by atoms with Gasteiger partial charge in [0.1, 0.15) is 5.69 Å². The fourth-order valence-electron chi connectivity index (χ4n) is 6.49. The van der Waals surface area contributed by atoms with E-state index in [1.807, 2.05) is 24.3 Å². The Bertz CT molecular complexity index is 1820. The van der Waals surface area contributed by atoms with Gasteiger partial charge in [-0.05, 0) is 56.6 Å². The number of aromatic nitrogens is 2. The second kappa shape index (κ2) is 7.13. The van der Waals surface area contributed by atoms with Crippen molar-refractivity contribution in [3.63, 3.8) is 0 Å². The van der Waals surface area contributed by atoms with Crippen LogP contribution in [0.5, 0.6) is 0 Å². The van der Waals surface area contributed by atoms with Crippen LogP contribution in [-0.4, -0.2) is 9.97 Å². The number of nitrogens with zero attached hydrogens (tertiary/aromatic N) is 2. The molecule has 2 nitrogen and oxygen atoms in total.